The van der Waals surface area contributed by atoms with Crippen molar-refractivity contribution in [3.63, 3.8) is 0 Å². The highest BCUT2D eigenvalue weighted by atomic mass is 79.9. The molecule has 1 aromatic heterocycles. The van der Waals surface area contributed by atoms with Crippen molar-refractivity contribution in [2.45, 2.75) is 6.92 Å². The van der Waals surface area contributed by atoms with Crippen LogP contribution >= 0.6 is 15.9 Å². The lowest BCUT2D eigenvalue weighted by Gasteiger charge is -2.09. The molecule has 24 heavy (non-hydrogen) atoms. The van der Waals surface area contributed by atoms with E-state index >= 15 is 0 Å². The van der Waals surface area contributed by atoms with E-state index in [4.69, 9.17) is 9.47 Å². The third kappa shape index (κ3) is 3.51. The standard InChI is InChI=1S/C15H17BrN4O4/c1-8-12(16)13(19-20(8)2)15(22)18-17-7-9-5-10(23-3)14(21)11(6-9)24-4/h5-7,21H,1-4H3,(H,18,22). The van der Waals surface area contributed by atoms with E-state index in [1.807, 2.05) is 6.92 Å². The molecule has 0 saturated carbocycles. The van der Waals surface area contributed by atoms with E-state index in [2.05, 4.69) is 31.6 Å². The fraction of sp³-hybridized carbons (Fsp3) is 0.267. The number of methoxy groups -OCH3 is 2. The Kier molecular flexibility index (Phi) is 5.45. The smallest absolute Gasteiger partial charge is 0.293 e. The van der Waals surface area contributed by atoms with Crippen molar-refractivity contribution in [2.24, 2.45) is 12.1 Å². The van der Waals surface area contributed by atoms with Gasteiger partial charge in [0.1, 0.15) is 0 Å². The van der Waals surface area contributed by atoms with Crippen molar-refractivity contribution in [1.29, 1.82) is 0 Å². The number of hydrogen-bond donors (Lipinski definition) is 2. The van der Waals surface area contributed by atoms with E-state index < -0.39 is 5.91 Å². The number of phenolic OH excluding ortho intramolecular Hbond substituents is 1. The molecule has 0 atom stereocenters. The Morgan fingerprint density at radius 2 is 1.96 bits per heavy atom. The van der Waals surface area contributed by atoms with Crippen molar-refractivity contribution in [2.75, 3.05) is 14.2 Å². The van der Waals surface area contributed by atoms with Gasteiger partial charge in [-0.25, -0.2) is 5.43 Å². The highest BCUT2D eigenvalue weighted by Crippen LogP contribution is 2.36. The molecule has 0 bridgehead atoms. The molecule has 0 aliphatic rings. The summed E-state index contributed by atoms with van der Waals surface area (Å²) in [5, 5.41) is 17.9. The fourth-order valence-electron chi connectivity index (χ4n) is 1.93. The first-order valence-electron chi connectivity index (χ1n) is 6.86. The first kappa shape index (κ1) is 17.8. The number of rotatable bonds is 5. The molecule has 1 amide bonds. The molecule has 128 valence electrons. The lowest BCUT2D eigenvalue weighted by Crippen LogP contribution is -2.19. The van der Waals surface area contributed by atoms with Crippen LogP contribution in [0.15, 0.2) is 21.7 Å². The number of nitrogens with one attached hydrogen (secondary N) is 1. The molecule has 1 heterocycles. The van der Waals surface area contributed by atoms with Gasteiger partial charge in [-0.05, 0) is 35.0 Å². The number of carbonyl (C=O) groups excluding carboxylic acids is 1. The summed E-state index contributed by atoms with van der Waals surface area (Å²) in [6.45, 7) is 1.84. The van der Waals surface area contributed by atoms with Gasteiger partial charge in [0.15, 0.2) is 17.2 Å². The first-order valence-corrected chi connectivity index (χ1v) is 7.65. The number of amides is 1. The Morgan fingerprint density at radius 3 is 2.42 bits per heavy atom. The molecular weight excluding hydrogens is 380 g/mol. The molecule has 9 heteroatoms. The molecule has 0 fully saturated rings. The summed E-state index contributed by atoms with van der Waals surface area (Å²) in [7, 11) is 4.60. The highest BCUT2D eigenvalue weighted by Gasteiger charge is 2.17. The van der Waals surface area contributed by atoms with Gasteiger partial charge in [-0.1, -0.05) is 0 Å². The number of aromatic nitrogens is 2. The van der Waals surface area contributed by atoms with Gasteiger partial charge in [0.25, 0.3) is 5.91 Å². The van der Waals surface area contributed by atoms with E-state index in [1.54, 1.807) is 23.9 Å². The molecule has 0 unspecified atom stereocenters. The van der Waals surface area contributed by atoms with Crippen molar-refractivity contribution < 1.29 is 19.4 Å². The van der Waals surface area contributed by atoms with Crippen LogP contribution in [0, 0.1) is 6.92 Å². The quantitative estimate of drug-likeness (QED) is 0.594. The number of ether oxygens (including phenoxy) is 2. The number of benzene rings is 1. The zero-order valence-corrected chi connectivity index (χ0v) is 15.2. The first-order chi connectivity index (χ1) is 11.4. The Bertz CT molecular complexity index is 776. The van der Waals surface area contributed by atoms with E-state index in [9.17, 15) is 9.90 Å². The number of aromatic hydroxyl groups is 1. The molecule has 0 radical (unpaired) electrons. The Balaban J connectivity index is 2.17. The molecule has 2 N–H and O–H groups in total. The van der Waals surface area contributed by atoms with Crippen LogP contribution in [-0.2, 0) is 7.05 Å². The summed E-state index contributed by atoms with van der Waals surface area (Å²) in [6.07, 6.45) is 1.41. The van der Waals surface area contributed by atoms with E-state index in [0.717, 1.165) is 5.69 Å². The second-order valence-corrected chi connectivity index (χ2v) is 5.64. The van der Waals surface area contributed by atoms with Crippen LogP contribution < -0.4 is 14.9 Å². The SMILES string of the molecule is COc1cc(C=NNC(=O)c2nn(C)c(C)c2Br)cc(OC)c1O. The van der Waals surface area contributed by atoms with Gasteiger partial charge in [-0.15, -0.1) is 0 Å². The fourth-order valence-corrected chi connectivity index (χ4v) is 2.45. The zero-order valence-electron chi connectivity index (χ0n) is 13.6. The lowest BCUT2D eigenvalue weighted by atomic mass is 10.2. The monoisotopic (exact) mass is 396 g/mol. The largest absolute Gasteiger partial charge is 0.502 e. The number of hydrogen-bond acceptors (Lipinski definition) is 6. The van der Waals surface area contributed by atoms with Crippen LogP contribution in [0.2, 0.25) is 0 Å². The normalized spacial score (nSPS) is 10.9. The van der Waals surface area contributed by atoms with Crippen molar-refractivity contribution >= 4 is 28.1 Å². The number of phenols is 1. The van der Waals surface area contributed by atoms with Crippen LogP contribution in [0.4, 0.5) is 0 Å². The second-order valence-electron chi connectivity index (χ2n) is 4.84. The van der Waals surface area contributed by atoms with Crippen LogP contribution in [0.5, 0.6) is 17.2 Å². The van der Waals surface area contributed by atoms with Gasteiger partial charge in [-0.3, -0.25) is 9.48 Å². The van der Waals surface area contributed by atoms with Crippen LogP contribution in [0.1, 0.15) is 21.7 Å². The topological polar surface area (TPSA) is 98.0 Å². The van der Waals surface area contributed by atoms with E-state index in [0.29, 0.717) is 10.0 Å². The summed E-state index contributed by atoms with van der Waals surface area (Å²) in [6, 6.07) is 3.13. The van der Waals surface area contributed by atoms with Crippen molar-refractivity contribution in [3.05, 3.63) is 33.6 Å². The number of aryl methyl sites for hydroxylation is 1. The summed E-state index contributed by atoms with van der Waals surface area (Å²) >= 11 is 3.33. The molecule has 0 aliphatic heterocycles. The van der Waals surface area contributed by atoms with Gasteiger partial charge in [0.2, 0.25) is 5.75 Å². The van der Waals surface area contributed by atoms with Crippen LogP contribution in [0.25, 0.3) is 0 Å². The number of hydrazone groups is 1. The molecular formula is C15H17BrN4O4. The van der Waals surface area contributed by atoms with E-state index in [-0.39, 0.29) is 22.9 Å². The Labute approximate surface area is 147 Å². The highest BCUT2D eigenvalue weighted by molar-refractivity contribution is 9.10. The summed E-state index contributed by atoms with van der Waals surface area (Å²) in [5.74, 6) is -0.0657. The van der Waals surface area contributed by atoms with Gasteiger partial charge in [-0.2, -0.15) is 10.2 Å². The maximum atomic E-state index is 12.1. The molecule has 1 aromatic carbocycles. The number of nitrogens with zero attached hydrogens (tertiary/aromatic N) is 3. The zero-order chi connectivity index (χ0) is 17.9. The second kappa shape index (κ2) is 7.35. The van der Waals surface area contributed by atoms with Crippen molar-refractivity contribution in [3.8, 4) is 17.2 Å². The van der Waals surface area contributed by atoms with Gasteiger partial charge >= 0.3 is 0 Å². The van der Waals surface area contributed by atoms with Crippen LogP contribution in [-0.4, -0.2) is 41.2 Å². The summed E-state index contributed by atoms with van der Waals surface area (Å²) in [4.78, 5) is 12.1. The molecule has 2 aromatic rings. The average Bonchev–Trinajstić information content (AvgIpc) is 2.83. The van der Waals surface area contributed by atoms with Gasteiger partial charge in [0.05, 0.1) is 30.6 Å². The predicted molar refractivity (Wildman–Crippen MR) is 91.9 cm³/mol. The van der Waals surface area contributed by atoms with Gasteiger partial charge in [0, 0.05) is 12.6 Å². The minimum atomic E-state index is -0.445. The minimum Gasteiger partial charge on any atom is -0.502 e. The predicted octanol–water partition coefficient (Wildman–Crippen LogP) is 1.98. The minimum absolute atomic E-state index is 0.103. The summed E-state index contributed by atoms with van der Waals surface area (Å²) in [5.41, 5.74) is 4.05. The average molecular weight is 397 g/mol. The third-order valence-corrected chi connectivity index (χ3v) is 4.31. The Hall–Kier alpha value is -2.55. The molecule has 0 aliphatic carbocycles. The van der Waals surface area contributed by atoms with Crippen molar-refractivity contribution in [1.82, 2.24) is 15.2 Å². The molecule has 2 rings (SSSR count). The Morgan fingerprint density at radius 1 is 1.38 bits per heavy atom. The molecule has 0 saturated heterocycles. The van der Waals surface area contributed by atoms with Crippen LogP contribution in [0.3, 0.4) is 0 Å². The summed E-state index contributed by atoms with van der Waals surface area (Å²) < 4.78 is 12.3. The molecule has 8 nitrogen and oxygen atoms in total. The third-order valence-electron chi connectivity index (χ3n) is 3.36. The number of carbonyl (C=O) groups is 1. The molecule has 0 spiro atoms. The number of halogens is 1. The van der Waals surface area contributed by atoms with Gasteiger partial charge < -0.3 is 14.6 Å². The lowest BCUT2D eigenvalue weighted by molar-refractivity contribution is 0.0948. The maximum absolute atomic E-state index is 12.1. The maximum Gasteiger partial charge on any atom is 0.293 e. The van der Waals surface area contributed by atoms with E-state index in [1.165, 1.54) is 20.4 Å².